The average Bonchev–Trinajstić information content (AvgIpc) is 2.88. The molecular weight excluding hydrogens is 468 g/mol. The number of fused-ring (bicyclic) bond motifs is 4. The van der Waals surface area contributed by atoms with Crippen molar-refractivity contribution in [1.29, 1.82) is 0 Å². The summed E-state index contributed by atoms with van der Waals surface area (Å²) in [4.78, 5) is 29.4. The second-order valence-electron chi connectivity index (χ2n) is 8.50. The van der Waals surface area contributed by atoms with Crippen LogP contribution in [0.4, 0.5) is 5.69 Å². The second kappa shape index (κ2) is 9.15. The fourth-order valence-corrected chi connectivity index (χ4v) is 5.35. The van der Waals surface area contributed by atoms with Gasteiger partial charge in [-0.2, -0.15) is 0 Å². The number of anilines is 1. The number of ether oxygens (including phenoxy) is 3. The highest BCUT2D eigenvalue weighted by molar-refractivity contribution is 6.32. The van der Waals surface area contributed by atoms with E-state index in [4.69, 9.17) is 25.8 Å². The third-order valence-corrected chi connectivity index (χ3v) is 7.03. The molecule has 2 aliphatic heterocycles. The molecule has 0 bridgehead atoms. The number of carbonyl (C=O) groups excluding carboxylic acids is 2. The van der Waals surface area contributed by atoms with Gasteiger partial charge in [0, 0.05) is 17.8 Å². The van der Waals surface area contributed by atoms with Crippen LogP contribution in [0.2, 0.25) is 5.02 Å². The molecule has 5 rings (SSSR count). The number of nitrogens with zero attached hydrogens (tertiary/aromatic N) is 1. The average molecular weight is 493 g/mol. The normalized spacial score (nSPS) is 18.2. The monoisotopic (exact) mass is 492 g/mol. The van der Waals surface area contributed by atoms with Gasteiger partial charge in [-0.3, -0.25) is 9.59 Å². The Bertz CT molecular complexity index is 1320. The lowest BCUT2D eigenvalue weighted by Crippen LogP contribution is -2.49. The van der Waals surface area contributed by atoms with Crippen LogP contribution in [-0.2, 0) is 11.2 Å². The molecular formula is C27H25ClN2O5. The van der Waals surface area contributed by atoms with Crippen LogP contribution in [0.3, 0.4) is 0 Å². The van der Waals surface area contributed by atoms with Gasteiger partial charge in [-0.15, -0.1) is 0 Å². The van der Waals surface area contributed by atoms with Crippen LogP contribution in [0.25, 0.3) is 0 Å². The number of benzene rings is 3. The molecule has 2 aliphatic rings. The van der Waals surface area contributed by atoms with E-state index in [0.29, 0.717) is 45.6 Å². The number of nitrogens with one attached hydrogen (secondary N) is 1. The number of amides is 2. The highest BCUT2D eigenvalue weighted by Crippen LogP contribution is 2.48. The molecule has 0 saturated heterocycles. The van der Waals surface area contributed by atoms with Crippen LogP contribution in [0, 0.1) is 0 Å². The molecule has 2 atom stereocenters. The van der Waals surface area contributed by atoms with Crippen molar-refractivity contribution >= 4 is 29.1 Å². The van der Waals surface area contributed by atoms with E-state index in [1.165, 1.54) is 21.3 Å². The molecule has 0 radical (unpaired) electrons. The number of carbonyl (C=O) groups is 2. The molecule has 7 nitrogen and oxygen atoms in total. The van der Waals surface area contributed by atoms with Gasteiger partial charge in [-0.05, 0) is 53.4 Å². The Hall–Kier alpha value is -3.71. The third kappa shape index (κ3) is 3.86. The van der Waals surface area contributed by atoms with Gasteiger partial charge in [0.15, 0.2) is 11.5 Å². The maximum Gasteiger partial charge on any atom is 0.254 e. The standard InChI is InChI=1S/C27H25ClN2O5/c1-33-21-9-8-16(12-20(21)28)29-26(31)24-18-13-22(34-2)23(35-3)14-19(18)27(32)30-11-10-15-6-4-5-7-17(15)25(24)30/h4-9,12-14,24-25H,10-11H2,1-3H3,(H,29,31)/t24-,25-/m1/s1. The van der Waals surface area contributed by atoms with Crippen LogP contribution in [0.1, 0.15) is 39.0 Å². The molecule has 0 fully saturated rings. The smallest absolute Gasteiger partial charge is 0.254 e. The SMILES string of the molecule is COc1ccc(NC(=O)[C@@H]2c3cc(OC)c(OC)cc3C(=O)N3CCc4ccccc4[C@H]23)cc1Cl. The molecule has 2 amide bonds. The Kier molecular flexibility index (Phi) is 6.03. The maximum absolute atomic E-state index is 13.9. The molecule has 3 aromatic rings. The predicted molar refractivity (Wildman–Crippen MR) is 133 cm³/mol. The van der Waals surface area contributed by atoms with Gasteiger partial charge < -0.3 is 24.4 Å². The van der Waals surface area contributed by atoms with E-state index in [-0.39, 0.29) is 11.8 Å². The number of hydrogen-bond acceptors (Lipinski definition) is 5. The number of rotatable bonds is 5. The Labute approximate surface area is 208 Å². The van der Waals surface area contributed by atoms with Crippen LogP contribution >= 0.6 is 11.6 Å². The van der Waals surface area contributed by atoms with Crippen LogP contribution < -0.4 is 19.5 Å². The van der Waals surface area contributed by atoms with Gasteiger partial charge in [0.2, 0.25) is 5.91 Å². The zero-order valence-electron chi connectivity index (χ0n) is 19.6. The van der Waals surface area contributed by atoms with Gasteiger partial charge in [-0.1, -0.05) is 35.9 Å². The van der Waals surface area contributed by atoms with Crippen LogP contribution in [-0.4, -0.2) is 44.6 Å². The lowest BCUT2D eigenvalue weighted by atomic mass is 9.75. The van der Waals surface area contributed by atoms with E-state index >= 15 is 0 Å². The van der Waals surface area contributed by atoms with Gasteiger partial charge in [0.25, 0.3) is 5.91 Å². The summed E-state index contributed by atoms with van der Waals surface area (Å²) in [5, 5.41) is 3.39. The van der Waals surface area contributed by atoms with Crippen molar-refractivity contribution in [3.8, 4) is 17.2 Å². The molecule has 3 aromatic carbocycles. The Morgan fingerprint density at radius 2 is 1.66 bits per heavy atom. The maximum atomic E-state index is 13.9. The van der Waals surface area contributed by atoms with Gasteiger partial charge in [0.05, 0.1) is 38.3 Å². The summed E-state index contributed by atoms with van der Waals surface area (Å²) in [6, 6.07) is 16.0. The largest absolute Gasteiger partial charge is 0.495 e. The first-order chi connectivity index (χ1) is 17.0. The van der Waals surface area contributed by atoms with Gasteiger partial charge in [-0.25, -0.2) is 0 Å². The fraction of sp³-hybridized carbons (Fsp3) is 0.259. The molecule has 8 heteroatoms. The molecule has 0 unspecified atom stereocenters. The van der Waals surface area contributed by atoms with Crippen LogP contribution in [0.5, 0.6) is 17.2 Å². The van der Waals surface area contributed by atoms with Gasteiger partial charge >= 0.3 is 0 Å². The van der Waals surface area contributed by atoms with Crippen molar-refractivity contribution in [2.75, 3.05) is 33.2 Å². The minimum absolute atomic E-state index is 0.128. The highest BCUT2D eigenvalue weighted by atomic mass is 35.5. The van der Waals surface area contributed by atoms with E-state index in [0.717, 1.165) is 17.5 Å². The Morgan fingerprint density at radius 3 is 2.37 bits per heavy atom. The summed E-state index contributed by atoms with van der Waals surface area (Å²) in [5.74, 6) is 0.363. The van der Waals surface area contributed by atoms with Crippen molar-refractivity contribution in [3.63, 3.8) is 0 Å². The summed E-state index contributed by atoms with van der Waals surface area (Å²) >= 11 is 6.29. The first kappa shape index (κ1) is 23.1. The van der Waals surface area contributed by atoms with E-state index in [1.807, 2.05) is 18.2 Å². The summed E-state index contributed by atoms with van der Waals surface area (Å²) < 4.78 is 16.2. The highest BCUT2D eigenvalue weighted by Gasteiger charge is 2.47. The molecule has 1 N–H and O–H groups in total. The van der Waals surface area contributed by atoms with E-state index in [1.54, 1.807) is 35.2 Å². The second-order valence-corrected chi connectivity index (χ2v) is 8.91. The minimum atomic E-state index is -0.676. The number of halogens is 1. The van der Waals surface area contributed by atoms with Crippen molar-refractivity contribution in [1.82, 2.24) is 4.90 Å². The minimum Gasteiger partial charge on any atom is -0.495 e. The topological polar surface area (TPSA) is 77.1 Å². The van der Waals surface area contributed by atoms with Crippen molar-refractivity contribution in [3.05, 3.63) is 81.9 Å². The van der Waals surface area contributed by atoms with Crippen LogP contribution in [0.15, 0.2) is 54.6 Å². The van der Waals surface area contributed by atoms with E-state index in [2.05, 4.69) is 11.4 Å². The molecule has 0 aromatic heterocycles. The molecule has 35 heavy (non-hydrogen) atoms. The fourth-order valence-electron chi connectivity index (χ4n) is 5.10. The zero-order chi connectivity index (χ0) is 24.7. The molecule has 180 valence electrons. The summed E-state index contributed by atoms with van der Waals surface area (Å²) in [7, 11) is 4.59. The van der Waals surface area contributed by atoms with Crippen molar-refractivity contribution in [2.45, 2.75) is 18.4 Å². The van der Waals surface area contributed by atoms with E-state index < -0.39 is 12.0 Å². The quantitative estimate of drug-likeness (QED) is 0.551. The lowest BCUT2D eigenvalue weighted by molar-refractivity contribution is -0.119. The molecule has 0 aliphatic carbocycles. The molecule has 0 spiro atoms. The summed E-state index contributed by atoms with van der Waals surface area (Å²) in [6.45, 7) is 0.520. The van der Waals surface area contributed by atoms with Crippen molar-refractivity contribution < 1.29 is 23.8 Å². The van der Waals surface area contributed by atoms with Crippen molar-refractivity contribution in [2.24, 2.45) is 0 Å². The lowest BCUT2D eigenvalue weighted by Gasteiger charge is -2.45. The summed E-state index contributed by atoms with van der Waals surface area (Å²) in [6.07, 6.45) is 0.726. The third-order valence-electron chi connectivity index (χ3n) is 6.73. The number of hydrogen-bond donors (Lipinski definition) is 1. The number of methoxy groups -OCH3 is 3. The summed E-state index contributed by atoms with van der Waals surface area (Å²) in [5.41, 5.74) is 3.68. The first-order valence-electron chi connectivity index (χ1n) is 11.3. The van der Waals surface area contributed by atoms with Gasteiger partial charge in [0.1, 0.15) is 5.75 Å². The Balaban J connectivity index is 1.65. The van der Waals surface area contributed by atoms with E-state index in [9.17, 15) is 9.59 Å². The molecule has 2 heterocycles. The Morgan fingerprint density at radius 1 is 0.943 bits per heavy atom. The first-order valence-corrected chi connectivity index (χ1v) is 11.6. The molecule has 0 saturated carbocycles. The zero-order valence-corrected chi connectivity index (χ0v) is 20.4. The predicted octanol–water partition coefficient (Wildman–Crippen LogP) is 4.84.